The Morgan fingerprint density at radius 2 is 1.71 bits per heavy atom. The topological polar surface area (TPSA) is 75.7 Å². The predicted octanol–water partition coefficient (Wildman–Crippen LogP) is 3.58. The van der Waals surface area contributed by atoms with Crippen LogP contribution in [0.25, 0.3) is 0 Å². The van der Waals surface area contributed by atoms with E-state index < -0.39 is 0 Å². The molecule has 2 fully saturated rings. The summed E-state index contributed by atoms with van der Waals surface area (Å²) in [6.45, 7) is 2.13. The molecule has 0 aliphatic carbocycles. The van der Waals surface area contributed by atoms with Crippen LogP contribution < -0.4 is 5.32 Å². The van der Waals surface area contributed by atoms with Gasteiger partial charge < -0.3 is 10.1 Å². The first-order chi connectivity index (χ1) is 15.0. The van der Waals surface area contributed by atoms with Gasteiger partial charge in [0.05, 0.1) is 6.54 Å². The van der Waals surface area contributed by atoms with Crippen LogP contribution in [0.1, 0.15) is 47.2 Å². The van der Waals surface area contributed by atoms with Crippen molar-refractivity contribution in [2.45, 2.75) is 37.6 Å². The summed E-state index contributed by atoms with van der Waals surface area (Å²) in [6, 6.07) is 15.3. The predicted molar refractivity (Wildman–Crippen MR) is 119 cm³/mol. The molecule has 4 rings (SSSR count). The van der Waals surface area contributed by atoms with E-state index in [-0.39, 0.29) is 42.5 Å². The molecule has 2 aliphatic rings. The number of nitrogens with zero attached hydrogens (tertiary/aromatic N) is 1. The van der Waals surface area contributed by atoms with E-state index in [0.717, 1.165) is 22.9 Å². The van der Waals surface area contributed by atoms with Gasteiger partial charge in [0.2, 0.25) is 11.8 Å². The average molecular weight is 485 g/mol. The number of halogens is 1. The number of ether oxygens (including phenoxy) is 1. The number of rotatable bonds is 6. The summed E-state index contributed by atoms with van der Waals surface area (Å²) >= 11 is 3.55. The molecule has 0 radical (unpaired) electrons. The molecule has 0 saturated carbocycles. The van der Waals surface area contributed by atoms with E-state index in [1.165, 1.54) is 10.5 Å². The van der Waals surface area contributed by atoms with Gasteiger partial charge in [-0.25, -0.2) is 0 Å². The normalized spacial score (nSPS) is 18.3. The lowest BCUT2D eigenvalue weighted by atomic mass is 9.74. The molecule has 2 aliphatic heterocycles. The third-order valence-electron chi connectivity index (χ3n) is 6.19. The number of amides is 3. The van der Waals surface area contributed by atoms with Gasteiger partial charge >= 0.3 is 0 Å². The number of nitrogens with one attached hydrogen (secondary N) is 1. The Balaban J connectivity index is 1.42. The number of hydrogen-bond donors (Lipinski definition) is 1. The zero-order valence-corrected chi connectivity index (χ0v) is 18.8. The quantitative estimate of drug-likeness (QED) is 0.635. The molecule has 2 aromatic carbocycles. The maximum atomic E-state index is 12.8. The fraction of sp³-hybridized carbons (Fsp3) is 0.375. The van der Waals surface area contributed by atoms with E-state index in [0.29, 0.717) is 25.3 Å². The van der Waals surface area contributed by atoms with Crippen LogP contribution in [0, 0.1) is 0 Å². The summed E-state index contributed by atoms with van der Waals surface area (Å²) in [5.41, 5.74) is 2.42. The highest BCUT2D eigenvalue weighted by atomic mass is 79.9. The first-order valence-electron chi connectivity index (χ1n) is 10.5. The van der Waals surface area contributed by atoms with Crippen LogP contribution in [0.5, 0.6) is 0 Å². The standard InChI is InChI=1S/C24H25BrN2O4/c25-20-3-1-2-19(14-20)24(10-12-31-13-11-24)16-26-23(30)18-6-4-17(5-7-18)15-27-21(28)8-9-22(27)29/h1-7,14H,8-13,15-16H2,(H,26,30). The first kappa shape index (κ1) is 21.7. The Kier molecular flexibility index (Phi) is 6.53. The van der Waals surface area contributed by atoms with Crippen molar-refractivity contribution in [2.24, 2.45) is 0 Å². The number of carbonyl (C=O) groups is 3. The molecule has 6 nitrogen and oxygen atoms in total. The summed E-state index contributed by atoms with van der Waals surface area (Å²) in [6.07, 6.45) is 2.26. The highest BCUT2D eigenvalue weighted by Gasteiger charge is 2.35. The van der Waals surface area contributed by atoms with Crippen molar-refractivity contribution in [2.75, 3.05) is 19.8 Å². The van der Waals surface area contributed by atoms with Crippen LogP contribution in [0.2, 0.25) is 0 Å². The summed E-state index contributed by atoms with van der Waals surface area (Å²) < 4.78 is 6.60. The van der Waals surface area contributed by atoms with Gasteiger partial charge in [-0.2, -0.15) is 0 Å². The number of imide groups is 1. The van der Waals surface area contributed by atoms with E-state index >= 15 is 0 Å². The summed E-state index contributed by atoms with van der Waals surface area (Å²) in [4.78, 5) is 37.7. The molecule has 7 heteroatoms. The minimum atomic E-state index is -0.159. The zero-order valence-electron chi connectivity index (χ0n) is 17.2. The van der Waals surface area contributed by atoms with Gasteiger partial charge in [-0.3, -0.25) is 19.3 Å². The van der Waals surface area contributed by atoms with Crippen molar-refractivity contribution in [3.8, 4) is 0 Å². The molecule has 1 N–H and O–H groups in total. The number of likely N-dealkylation sites (tertiary alicyclic amines) is 1. The van der Waals surface area contributed by atoms with Gasteiger partial charge in [0, 0.05) is 48.1 Å². The highest BCUT2D eigenvalue weighted by Crippen LogP contribution is 2.35. The van der Waals surface area contributed by atoms with Gasteiger partial charge in [-0.1, -0.05) is 40.2 Å². The second-order valence-corrected chi connectivity index (χ2v) is 9.07. The second-order valence-electron chi connectivity index (χ2n) is 8.16. The molecule has 0 unspecified atom stereocenters. The smallest absolute Gasteiger partial charge is 0.251 e. The lowest BCUT2D eigenvalue weighted by molar-refractivity contribution is -0.139. The Labute approximate surface area is 190 Å². The fourth-order valence-electron chi connectivity index (χ4n) is 4.24. The molecule has 2 aromatic rings. The van der Waals surface area contributed by atoms with Crippen LogP contribution in [0.3, 0.4) is 0 Å². The molecule has 0 bridgehead atoms. The van der Waals surface area contributed by atoms with Crippen LogP contribution >= 0.6 is 15.9 Å². The third-order valence-corrected chi connectivity index (χ3v) is 6.68. The van der Waals surface area contributed by atoms with E-state index in [2.05, 4.69) is 33.4 Å². The summed E-state index contributed by atoms with van der Waals surface area (Å²) in [5, 5.41) is 3.11. The van der Waals surface area contributed by atoms with Gasteiger partial charge in [0.25, 0.3) is 5.91 Å². The lowest BCUT2D eigenvalue weighted by Gasteiger charge is -2.38. The van der Waals surface area contributed by atoms with Crippen LogP contribution in [0.4, 0.5) is 0 Å². The summed E-state index contributed by atoms with van der Waals surface area (Å²) in [7, 11) is 0. The van der Waals surface area contributed by atoms with Crippen molar-refractivity contribution < 1.29 is 19.1 Å². The SMILES string of the molecule is O=C(NCC1(c2cccc(Br)c2)CCOCC1)c1ccc(CN2C(=O)CCC2=O)cc1. The maximum absolute atomic E-state index is 12.8. The monoisotopic (exact) mass is 484 g/mol. The Morgan fingerprint density at radius 3 is 2.35 bits per heavy atom. The average Bonchev–Trinajstić information content (AvgIpc) is 3.11. The molecule has 0 atom stereocenters. The molecule has 162 valence electrons. The molecule has 2 saturated heterocycles. The van der Waals surface area contributed by atoms with Crippen molar-refractivity contribution in [1.29, 1.82) is 0 Å². The Bertz CT molecular complexity index is 967. The van der Waals surface area contributed by atoms with E-state index in [4.69, 9.17) is 4.74 Å². The second kappa shape index (κ2) is 9.32. The maximum Gasteiger partial charge on any atom is 0.251 e. The minimum Gasteiger partial charge on any atom is -0.381 e. The molecule has 0 spiro atoms. The van der Waals surface area contributed by atoms with Crippen molar-refractivity contribution in [3.63, 3.8) is 0 Å². The molecule has 0 aromatic heterocycles. The van der Waals surface area contributed by atoms with Crippen LogP contribution in [-0.4, -0.2) is 42.4 Å². The van der Waals surface area contributed by atoms with Gasteiger partial charge in [-0.15, -0.1) is 0 Å². The van der Waals surface area contributed by atoms with Crippen molar-refractivity contribution in [3.05, 3.63) is 69.7 Å². The number of carbonyl (C=O) groups excluding carboxylic acids is 3. The van der Waals surface area contributed by atoms with E-state index in [1.54, 1.807) is 24.3 Å². The van der Waals surface area contributed by atoms with Crippen LogP contribution in [-0.2, 0) is 26.3 Å². The largest absolute Gasteiger partial charge is 0.381 e. The fourth-order valence-corrected chi connectivity index (χ4v) is 4.64. The molecular weight excluding hydrogens is 460 g/mol. The summed E-state index contributed by atoms with van der Waals surface area (Å²) in [5.74, 6) is -0.414. The van der Waals surface area contributed by atoms with Gasteiger partial charge in [-0.05, 0) is 48.2 Å². The molecular formula is C24H25BrN2O4. The van der Waals surface area contributed by atoms with Gasteiger partial charge in [0.15, 0.2) is 0 Å². The number of benzene rings is 2. The molecule has 31 heavy (non-hydrogen) atoms. The first-order valence-corrected chi connectivity index (χ1v) is 11.3. The third kappa shape index (κ3) is 4.88. The Hall–Kier alpha value is -2.51. The highest BCUT2D eigenvalue weighted by molar-refractivity contribution is 9.10. The zero-order chi connectivity index (χ0) is 21.8. The van der Waals surface area contributed by atoms with Gasteiger partial charge in [0.1, 0.15) is 0 Å². The number of hydrogen-bond acceptors (Lipinski definition) is 4. The lowest BCUT2D eigenvalue weighted by Crippen LogP contribution is -2.44. The van der Waals surface area contributed by atoms with E-state index in [9.17, 15) is 14.4 Å². The Morgan fingerprint density at radius 1 is 1.03 bits per heavy atom. The minimum absolute atomic E-state index is 0.138. The molecule has 2 heterocycles. The van der Waals surface area contributed by atoms with Crippen molar-refractivity contribution >= 4 is 33.7 Å². The van der Waals surface area contributed by atoms with Crippen LogP contribution in [0.15, 0.2) is 53.0 Å². The van der Waals surface area contributed by atoms with Crippen molar-refractivity contribution in [1.82, 2.24) is 10.2 Å². The van der Waals surface area contributed by atoms with E-state index in [1.807, 2.05) is 12.1 Å². The molecule has 3 amide bonds.